The van der Waals surface area contributed by atoms with Crippen molar-refractivity contribution < 1.29 is 13.2 Å². The topological polar surface area (TPSA) is 87.5 Å². The summed E-state index contributed by atoms with van der Waals surface area (Å²) in [5.41, 5.74) is 0. The molecule has 0 bridgehead atoms. The minimum Gasteiger partial charge on any atom is -0.338 e. The molecule has 2 amide bonds. The van der Waals surface area contributed by atoms with Crippen molar-refractivity contribution in [3.63, 3.8) is 0 Å². The lowest BCUT2D eigenvalue weighted by atomic mass is 10.1. The number of carbonyl (C=O) groups excluding carboxylic acids is 1. The molecule has 3 rings (SSSR count). The Balaban J connectivity index is 1.79. The van der Waals surface area contributed by atoms with Crippen molar-refractivity contribution in [1.29, 1.82) is 0 Å². The molecule has 1 aromatic heterocycles. The first kappa shape index (κ1) is 18.2. The zero-order valence-electron chi connectivity index (χ0n) is 14.9. The highest BCUT2D eigenvalue weighted by Gasteiger charge is 2.48. The van der Waals surface area contributed by atoms with Gasteiger partial charge in [0.25, 0.3) is 0 Å². The largest absolute Gasteiger partial charge is 0.338 e. The second-order valence-corrected chi connectivity index (χ2v) is 8.90. The Morgan fingerprint density at radius 3 is 2.76 bits per heavy atom. The van der Waals surface area contributed by atoms with E-state index in [2.05, 4.69) is 26.7 Å². The van der Waals surface area contributed by atoms with Crippen LogP contribution in [0, 0.1) is 0 Å². The van der Waals surface area contributed by atoms with Crippen LogP contribution in [0.15, 0.2) is 12.4 Å². The molecule has 0 saturated carbocycles. The average molecular weight is 369 g/mol. The van der Waals surface area contributed by atoms with Crippen LogP contribution in [0.25, 0.3) is 0 Å². The minimum atomic E-state index is -3.13. The van der Waals surface area contributed by atoms with Gasteiger partial charge in [-0.05, 0) is 13.3 Å². The molecule has 3 heterocycles. The normalized spacial score (nSPS) is 25.8. The van der Waals surface area contributed by atoms with Gasteiger partial charge in [-0.1, -0.05) is 6.92 Å². The molecular formula is C16H27N5O3S. The van der Waals surface area contributed by atoms with Crippen LogP contribution >= 0.6 is 0 Å². The van der Waals surface area contributed by atoms with Gasteiger partial charge in [-0.25, -0.2) is 18.2 Å². The molecule has 1 aromatic rings. The quantitative estimate of drug-likeness (QED) is 0.807. The standard InChI is InChI=1S/C16H27N5O3S/c1-3-6-19-7-5-18-15(19)10-20-8-9-21(16(22)17-4-2)14-12-25(23,24)11-13(14)20/h5,7,13-14H,3-4,6,8-12H2,1-2H3,(H,17,22)/t13-,14+/m1/s1. The van der Waals surface area contributed by atoms with Crippen LogP contribution in [-0.2, 0) is 22.9 Å². The third kappa shape index (κ3) is 3.82. The molecule has 2 aliphatic rings. The van der Waals surface area contributed by atoms with Crippen LogP contribution in [0.4, 0.5) is 4.79 Å². The van der Waals surface area contributed by atoms with Crippen molar-refractivity contribution in [2.24, 2.45) is 0 Å². The first-order chi connectivity index (χ1) is 11.9. The second-order valence-electron chi connectivity index (χ2n) is 6.75. The maximum atomic E-state index is 12.3. The highest BCUT2D eigenvalue weighted by Crippen LogP contribution is 2.28. The maximum absolute atomic E-state index is 12.3. The van der Waals surface area contributed by atoms with E-state index in [9.17, 15) is 13.2 Å². The van der Waals surface area contributed by atoms with E-state index in [1.165, 1.54) is 0 Å². The first-order valence-corrected chi connectivity index (χ1v) is 10.8. The molecule has 9 heteroatoms. The summed E-state index contributed by atoms with van der Waals surface area (Å²) in [6, 6.07) is -0.602. The predicted octanol–water partition coefficient (Wildman–Crippen LogP) is 0.306. The van der Waals surface area contributed by atoms with Crippen LogP contribution in [-0.4, -0.2) is 77.0 Å². The smallest absolute Gasteiger partial charge is 0.317 e. The fourth-order valence-electron chi connectivity index (χ4n) is 3.84. The summed E-state index contributed by atoms with van der Waals surface area (Å²) in [5, 5.41) is 2.80. The van der Waals surface area contributed by atoms with Gasteiger partial charge in [0.2, 0.25) is 0 Å². The minimum absolute atomic E-state index is 0.0503. The van der Waals surface area contributed by atoms with Gasteiger partial charge in [0.1, 0.15) is 5.82 Å². The van der Waals surface area contributed by atoms with Gasteiger partial charge in [0, 0.05) is 44.6 Å². The Bertz CT molecular complexity index is 717. The van der Waals surface area contributed by atoms with E-state index in [4.69, 9.17) is 0 Å². The molecule has 0 aromatic carbocycles. The van der Waals surface area contributed by atoms with Crippen molar-refractivity contribution in [1.82, 2.24) is 24.7 Å². The lowest BCUT2D eigenvalue weighted by Crippen LogP contribution is -2.62. The number of hydrogen-bond acceptors (Lipinski definition) is 5. The SMILES string of the molecule is CCCn1ccnc1CN1CCN(C(=O)NCC)[C@H]2CS(=O)(=O)C[C@H]21. The molecule has 2 aliphatic heterocycles. The lowest BCUT2D eigenvalue weighted by molar-refractivity contribution is 0.0584. The molecule has 0 unspecified atom stereocenters. The van der Waals surface area contributed by atoms with Crippen molar-refractivity contribution in [3.05, 3.63) is 18.2 Å². The van der Waals surface area contributed by atoms with E-state index >= 15 is 0 Å². The number of urea groups is 1. The van der Waals surface area contributed by atoms with Crippen molar-refractivity contribution in [3.8, 4) is 0 Å². The molecular weight excluding hydrogens is 342 g/mol. The molecule has 0 aliphatic carbocycles. The summed E-state index contributed by atoms with van der Waals surface area (Å²) in [4.78, 5) is 20.6. The number of hydrogen-bond donors (Lipinski definition) is 1. The van der Waals surface area contributed by atoms with E-state index in [-0.39, 0.29) is 29.6 Å². The van der Waals surface area contributed by atoms with Gasteiger partial charge in [-0.15, -0.1) is 0 Å². The zero-order valence-corrected chi connectivity index (χ0v) is 15.7. The molecule has 25 heavy (non-hydrogen) atoms. The Labute approximate surface area is 149 Å². The van der Waals surface area contributed by atoms with Crippen LogP contribution in [0.3, 0.4) is 0 Å². The van der Waals surface area contributed by atoms with Crippen LogP contribution in [0.2, 0.25) is 0 Å². The molecule has 2 saturated heterocycles. The predicted molar refractivity (Wildman–Crippen MR) is 94.9 cm³/mol. The Hall–Kier alpha value is -1.61. The van der Waals surface area contributed by atoms with E-state index < -0.39 is 9.84 Å². The number of aromatic nitrogens is 2. The van der Waals surface area contributed by atoms with Crippen molar-refractivity contribution >= 4 is 15.9 Å². The molecule has 8 nitrogen and oxygen atoms in total. The number of nitrogens with zero attached hydrogens (tertiary/aromatic N) is 4. The maximum Gasteiger partial charge on any atom is 0.317 e. The Morgan fingerprint density at radius 1 is 1.28 bits per heavy atom. The molecule has 0 radical (unpaired) electrons. The summed E-state index contributed by atoms with van der Waals surface area (Å²) in [7, 11) is -3.13. The molecule has 140 valence electrons. The third-order valence-electron chi connectivity index (χ3n) is 4.99. The summed E-state index contributed by atoms with van der Waals surface area (Å²) < 4.78 is 26.6. The Morgan fingerprint density at radius 2 is 2.04 bits per heavy atom. The van der Waals surface area contributed by atoms with E-state index in [1.54, 1.807) is 11.1 Å². The lowest BCUT2D eigenvalue weighted by Gasteiger charge is -2.43. The molecule has 2 atom stereocenters. The highest BCUT2D eigenvalue weighted by molar-refractivity contribution is 7.91. The number of aryl methyl sites for hydroxylation is 1. The van der Waals surface area contributed by atoms with Gasteiger partial charge < -0.3 is 14.8 Å². The summed E-state index contributed by atoms with van der Waals surface area (Å²) >= 11 is 0. The van der Waals surface area contributed by atoms with Crippen molar-refractivity contribution in [2.45, 2.75) is 45.4 Å². The van der Waals surface area contributed by atoms with Gasteiger partial charge in [-0.3, -0.25) is 4.90 Å². The third-order valence-corrected chi connectivity index (χ3v) is 6.69. The number of amides is 2. The van der Waals surface area contributed by atoms with Crippen LogP contribution < -0.4 is 5.32 Å². The van der Waals surface area contributed by atoms with Crippen LogP contribution in [0.5, 0.6) is 0 Å². The average Bonchev–Trinajstić information content (AvgIpc) is 3.11. The summed E-state index contributed by atoms with van der Waals surface area (Å²) in [6.07, 6.45) is 4.78. The monoisotopic (exact) mass is 369 g/mol. The number of imidazole rings is 1. The second kappa shape index (κ2) is 7.33. The highest BCUT2D eigenvalue weighted by atomic mass is 32.2. The fraction of sp³-hybridized carbons (Fsp3) is 0.750. The van der Waals surface area contributed by atoms with Crippen LogP contribution in [0.1, 0.15) is 26.1 Å². The molecule has 1 N–H and O–H groups in total. The number of nitrogens with one attached hydrogen (secondary N) is 1. The van der Waals surface area contributed by atoms with Gasteiger partial charge in [0.15, 0.2) is 9.84 Å². The number of sulfone groups is 1. The van der Waals surface area contributed by atoms with E-state index in [1.807, 2.05) is 13.1 Å². The fourth-order valence-corrected chi connectivity index (χ4v) is 5.86. The summed E-state index contributed by atoms with van der Waals surface area (Å²) in [6.45, 7) is 7.24. The number of carbonyl (C=O) groups is 1. The summed E-state index contributed by atoms with van der Waals surface area (Å²) in [5.74, 6) is 1.12. The van der Waals surface area contributed by atoms with Gasteiger partial charge >= 0.3 is 6.03 Å². The van der Waals surface area contributed by atoms with Gasteiger partial charge in [-0.2, -0.15) is 0 Å². The van der Waals surface area contributed by atoms with Gasteiger partial charge in [0.05, 0.1) is 24.1 Å². The molecule has 2 fully saturated rings. The van der Waals surface area contributed by atoms with E-state index in [0.717, 1.165) is 18.8 Å². The zero-order chi connectivity index (χ0) is 18.0. The number of fused-ring (bicyclic) bond motifs is 1. The van der Waals surface area contributed by atoms with Crippen molar-refractivity contribution in [2.75, 3.05) is 31.1 Å². The first-order valence-electron chi connectivity index (χ1n) is 8.94. The van der Waals surface area contributed by atoms with E-state index in [0.29, 0.717) is 26.2 Å². The number of rotatable bonds is 5. The number of piperazine rings is 1. The molecule has 0 spiro atoms. The Kier molecular flexibility index (Phi) is 5.33.